The van der Waals surface area contributed by atoms with Crippen molar-refractivity contribution < 1.29 is 4.79 Å². The van der Waals surface area contributed by atoms with Crippen LogP contribution < -0.4 is 0 Å². The average molecular weight is 357 g/mol. The highest BCUT2D eigenvalue weighted by molar-refractivity contribution is 7.09. The van der Waals surface area contributed by atoms with Crippen LogP contribution in [0.3, 0.4) is 0 Å². The van der Waals surface area contributed by atoms with Crippen molar-refractivity contribution in [3.63, 3.8) is 0 Å². The first-order valence-corrected chi connectivity index (χ1v) is 10.5. The molecule has 1 saturated heterocycles. The molecule has 0 radical (unpaired) electrons. The van der Waals surface area contributed by atoms with E-state index in [2.05, 4.69) is 46.9 Å². The van der Waals surface area contributed by atoms with E-state index in [-0.39, 0.29) is 5.91 Å². The van der Waals surface area contributed by atoms with Crippen LogP contribution in [0.5, 0.6) is 0 Å². The lowest BCUT2D eigenvalue weighted by Gasteiger charge is -2.44. The number of rotatable bonds is 3. The van der Waals surface area contributed by atoms with E-state index in [1.807, 2.05) is 0 Å². The van der Waals surface area contributed by atoms with E-state index in [9.17, 15) is 4.79 Å². The first-order valence-electron chi connectivity index (χ1n) is 9.65. The highest BCUT2D eigenvalue weighted by atomic mass is 32.1. The Bertz CT molecular complexity index is 744. The monoisotopic (exact) mass is 356 g/mol. The molecule has 4 heteroatoms. The average Bonchev–Trinajstić information content (AvgIpc) is 3.24. The SMILES string of the molecule is Cc1cc(C(=O)N2CCCC3CCCCC32)c(C)n1Cc1cccs1. The molecule has 134 valence electrons. The van der Waals surface area contributed by atoms with Gasteiger partial charge in [0.2, 0.25) is 0 Å². The zero-order chi connectivity index (χ0) is 17.4. The first-order chi connectivity index (χ1) is 12.1. The van der Waals surface area contributed by atoms with Crippen LogP contribution >= 0.6 is 11.3 Å². The molecule has 1 aliphatic carbocycles. The van der Waals surface area contributed by atoms with E-state index < -0.39 is 0 Å². The van der Waals surface area contributed by atoms with Crippen LogP contribution in [0, 0.1) is 19.8 Å². The number of carbonyl (C=O) groups is 1. The number of amides is 1. The number of carbonyl (C=O) groups excluding carboxylic acids is 1. The van der Waals surface area contributed by atoms with Crippen LogP contribution in [-0.4, -0.2) is 28.0 Å². The summed E-state index contributed by atoms with van der Waals surface area (Å²) in [6.07, 6.45) is 7.61. The molecule has 1 saturated carbocycles. The van der Waals surface area contributed by atoms with Crippen LogP contribution in [0.25, 0.3) is 0 Å². The fourth-order valence-corrected chi connectivity index (χ4v) is 5.54. The molecule has 3 nitrogen and oxygen atoms in total. The molecule has 2 fully saturated rings. The van der Waals surface area contributed by atoms with Gasteiger partial charge in [-0.05, 0) is 63.0 Å². The molecule has 0 bridgehead atoms. The van der Waals surface area contributed by atoms with E-state index in [4.69, 9.17) is 0 Å². The molecule has 4 rings (SSSR count). The van der Waals surface area contributed by atoms with Crippen LogP contribution in [0.1, 0.15) is 65.1 Å². The first kappa shape index (κ1) is 16.9. The Morgan fingerprint density at radius 2 is 2.00 bits per heavy atom. The summed E-state index contributed by atoms with van der Waals surface area (Å²) in [6, 6.07) is 6.85. The molecule has 2 aliphatic rings. The molecule has 2 unspecified atom stereocenters. The van der Waals surface area contributed by atoms with Crippen LogP contribution in [0.4, 0.5) is 0 Å². The lowest BCUT2D eigenvalue weighted by Crippen LogP contribution is -2.49. The number of aryl methyl sites for hydroxylation is 1. The Kier molecular flexibility index (Phi) is 4.72. The highest BCUT2D eigenvalue weighted by Crippen LogP contribution is 2.36. The van der Waals surface area contributed by atoms with Gasteiger partial charge < -0.3 is 9.47 Å². The van der Waals surface area contributed by atoms with Gasteiger partial charge in [-0.1, -0.05) is 18.9 Å². The third kappa shape index (κ3) is 3.17. The lowest BCUT2D eigenvalue weighted by atomic mass is 9.78. The topological polar surface area (TPSA) is 25.2 Å². The standard InChI is InChI=1S/C21H28N2OS/c1-15-13-19(16(2)23(15)14-18-9-6-12-25-18)21(24)22-11-5-8-17-7-3-4-10-20(17)22/h6,9,12-13,17,20H,3-5,7-8,10-11,14H2,1-2H3. The molecule has 2 aromatic rings. The molecule has 2 aromatic heterocycles. The van der Waals surface area contributed by atoms with Crippen molar-refractivity contribution in [1.29, 1.82) is 0 Å². The van der Waals surface area contributed by atoms with Gasteiger partial charge in [0, 0.05) is 28.9 Å². The quantitative estimate of drug-likeness (QED) is 0.759. The Morgan fingerprint density at radius 3 is 2.80 bits per heavy atom. The number of piperidine rings is 1. The van der Waals surface area contributed by atoms with E-state index in [1.165, 1.54) is 49.1 Å². The van der Waals surface area contributed by atoms with Gasteiger partial charge in [-0.25, -0.2) is 0 Å². The smallest absolute Gasteiger partial charge is 0.255 e. The normalized spacial score (nSPS) is 23.5. The number of nitrogens with zero attached hydrogens (tertiary/aromatic N) is 2. The zero-order valence-corrected chi connectivity index (χ0v) is 16.1. The summed E-state index contributed by atoms with van der Waals surface area (Å²) < 4.78 is 2.29. The van der Waals surface area contributed by atoms with Crippen LogP contribution in [0.2, 0.25) is 0 Å². The molecular formula is C21H28N2OS. The predicted octanol–water partition coefficient (Wildman–Crippen LogP) is 5.01. The molecule has 0 spiro atoms. The van der Waals surface area contributed by atoms with E-state index in [0.29, 0.717) is 6.04 Å². The van der Waals surface area contributed by atoms with Gasteiger partial charge in [0.25, 0.3) is 5.91 Å². The second-order valence-corrected chi connectivity index (χ2v) is 8.74. The summed E-state index contributed by atoms with van der Waals surface area (Å²) in [5, 5.41) is 2.12. The number of hydrogen-bond donors (Lipinski definition) is 0. The van der Waals surface area contributed by atoms with Crippen LogP contribution in [0.15, 0.2) is 23.6 Å². The van der Waals surface area contributed by atoms with Crippen molar-refractivity contribution >= 4 is 17.2 Å². The lowest BCUT2D eigenvalue weighted by molar-refractivity contribution is 0.0390. The second-order valence-electron chi connectivity index (χ2n) is 7.70. The van der Waals surface area contributed by atoms with Crippen molar-refractivity contribution in [1.82, 2.24) is 9.47 Å². The van der Waals surface area contributed by atoms with E-state index in [0.717, 1.165) is 30.3 Å². The third-order valence-corrected chi connectivity index (χ3v) is 7.06. The predicted molar refractivity (Wildman–Crippen MR) is 103 cm³/mol. The molecule has 0 N–H and O–H groups in total. The van der Waals surface area contributed by atoms with Gasteiger partial charge in [0.15, 0.2) is 0 Å². The molecule has 1 aliphatic heterocycles. The van der Waals surface area contributed by atoms with Gasteiger partial charge in [-0.2, -0.15) is 0 Å². The number of aromatic nitrogens is 1. The summed E-state index contributed by atoms with van der Waals surface area (Å²) >= 11 is 1.78. The van der Waals surface area contributed by atoms with Crippen molar-refractivity contribution in [2.45, 2.75) is 65.0 Å². The number of hydrogen-bond acceptors (Lipinski definition) is 2. The Labute approximate surface area is 154 Å². The Balaban J connectivity index is 1.59. The van der Waals surface area contributed by atoms with Crippen molar-refractivity contribution in [3.8, 4) is 0 Å². The summed E-state index contributed by atoms with van der Waals surface area (Å²) in [7, 11) is 0. The van der Waals surface area contributed by atoms with Gasteiger partial charge in [0.1, 0.15) is 0 Å². The second kappa shape index (κ2) is 6.99. The molecular weight excluding hydrogens is 328 g/mol. The Morgan fingerprint density at radius 1 is 1.20 bits per heavy atom. The fraction of sp³-hybridized carbons (Fsp3) is 0.571. The number of thiophene rings is 1. The third-order valence-electron chi connectivity index (χ3n) is 6.20. The van der Waals surface area contributed by atoms with Gasteiger partial charge >= 0.3 is 0 Å². The molecule has 1 amide bonds. The van der Waals surface area contributed by atoms with Gasteiger partial charge in [-0.3, -0.25) is 4.79 Å². The Hall–Kier alpha value is -1.55. The number of likely N-dealkylation sites (tertiary alicyclic amines) is 1. The molecule has 0 aromatic carbocycles. The fourth-order valence-electron chi connectivity index (χ4n) is 4.85. The maximum absolute atomic E-state index is 13.4. The molecule has 3 heterocycles. The van der Waals surface area contributed by atoms with Gasteiger partial charge in [0.05, 0.1) is 12.1 Å². The minimum absolute atomic E-state index is 0.266. The summed E-state index contributed by atoms with van der Waals surface area (Å²) in [5.74, 6) is 1.00. The van der Waals surface area contributed by atoms with Crippen molar-refractivity contribution in [2.24, 2.45) is 5.92 Å². The van der Waals surface area contributed by atoms with Crippen molar-refractivity contribution in [3.05, 3.63) is 45.4 Å². The maximum atomic E-state index is 13.4. The summed E-state index contributed by atoms with van der Waals surface area (Å²) in [5.41, 5.74) is 3.22. The maximum Gasteiger partial charge on any atom is 0.255 e. The minimum atomic E-state index is 0.266. The van der Waals surface area contributed by atoms with E-state index >= 15 is 0 Å². The zero-order valence-electron chi connectivity index (χ0n) is 15.3. The van der Waals surface area contributed by atoms with E-state index in [1.54, 1.807) is 11.3 Å². The largest absolute Gasteiger partial charge is 0.343 e. The minimum Gasteiger partial charge on any atom is -0.343 e. The van der Waals surface area contributed by atoms with Gasteiger partial charge in [-0.15, -0.1) is 11.3 Å². The summed E-state index contributed by atoms with van der Waals surface area (Å²) in [6.45, 7) is 6.04. The highest BCUT2D eigenvalue weighted by Gasteiger charge is 2.36. The van der Waals surface area contributed by atoms with Crippen molar-refractivity contribution in [2.75, 3.05) is 6.54 Å². The summed E-state index contributed by atoms with van der Waals surface area (Å²) in [4.78, 5) is 16.9. The molecule has 2 atom stereocenters. The molecule has 25 heavy (non-hydrogen) atoms. The number of fused-ring (bicyclic) bond motifs is 1. The van der Waals surface area contributed by atoms with Crippen LogP contribution in [-0.2, 0) is 6.54 Å².